The summed E-state index contributed by atoms with van der Waals surface area (Å²) < 4.78 is 0. The molecule has 2 N–H and O–H groups in total. The molecule has 5 heteroatoms. The lowest BCUT2D eigenvalue weighted by atomic mass is 9.98. The molecule has 2 fully saturated rings. The molecule has 1 aliphatic heterocycles. The molecule has 0 spiro atoms. The minimum absolute atomic E-state index is 0.127. The third-order valence-corrected chi connectivity index (χ3v) is 5.40. The Balaban J connectivity index is 1.57. The van der Waals surface area contributed by atoms with Crippen LogP contribution >= 0.6 is 0 Å². The number of hydrogen-bond donors (Lipinski definition) is 2. The van der Waals surface area contributed by atoms with Crippen molar-refractivity contribution in [2.45, 2.75) is 63.5 Å². The lowest BCUT2D eigenvalue weighted by Gasteiger charge is -2.36. The first-order chi connectivity index (χ1) is 10.5. The van der Waals surface area contributed by atoms with Crippen LogP contribution in [0.15, 0.2) is 0 Å². The zero-order chi connectivity index (χ0) is 16.0. The maximum Gasteiger partial charge on any atom is 0.220 e. The van der Waals surface area contributed by atoms with Gasteiger partial charge in [0.1, 0.15) is 0 Å². The van der Waals surface area contributed by atoms with E-state index in [0.29, 0.717) is 25.4 Å². The highest BCUT2D eigenvalue weighted by Crippen LogP contribution is 2.31. The van der Waals surface area contributed by atoms with Gasteiger partial charge in [-0.25, -0.2) is 0 Å². The predicted molar refractivity (Wildman–Crippen MR) is 88.8 cm³/mol. The number of amides is 1. The highest BCUT2D eigenvalue weighted by molar-refractivity contribution is 5.75. The number of nitrogens with zero attached hydrogens (tertiary/aromatic N) is 2. The van der Waals surface area contributed by atoms with Crippen LogP contribution in [0.1, 0.15) is 51.9 Å². The fraction of sp³-hybridized carbons (Fsp3) is 0.941. The zero-order valence-corrected chi connectivity index (χ0v) is 14.3. The van der Waals surface area contributed by atoms with Crippen molar-refractivity contribution in [1.29, 1.82) is 0 Å². The average Bonchev–Trinajstić information content (AvgIpc) is 2.92. The average molecular weight is 311 g/mol. The molecule has 1 saturated heterocycles. The smallest absolute Gasteiger partial charge is 0.220 e. The molecule has 0 aromatic heterocycles. The fourth-order valence-corrected chi connectivity index (χ4v) is 3.59. The molecule has 0 radical (unpaired) electrons. The van der Waals surface area contributed by atoms with Crippen molar-refractivity contribution < 1.29 is 9.90 Å². The number of aliphatic hydroxyl groups is 1. The van der Waals surface area contributed by atoms with E-state index in [1.54, 1.807) is 0 Å². The number of carbonyl (C=O) groups excluding carboxylic acids is 1. The van der Waals surface area contributed by atoms with E-state index >= 15 is 0 Å². The Morgan fingerprint density at radius 1 is 1.23 bits per heavy atom. The van der Waals surface area contributed by atoms with Crippen LogP contribution in [0.2, 0.25) is 0 Å². The Morgan fingerprint density at radius 2 is 1.86 bits per heavy atom. The number of likely N-dealkylation sites (N-methyl/N-ethyl adjacent to an activating group) is 1. The molecule has 0 aromatic rings. The number of nitrogens with one attached hydrogen (secondary N) is 1. The van der Waals surface area contributed by atoms with Crippen LogP contribution in [0.3, 0.4) is 0 Å². The van der Waals surface area contributed by atoms with E-state index < -0.39 is 5.60 Å². The van der Waals surface area contributed by atoms with Gasteiger partial charge in [0, 0.05) is 45.2 Å². The standard InChI is InChI=1S/C17H33N3O2/c1-15(20-13-11-19(2)12-14-20)5-6-16(21)18-10-9-17(22)7-3-4-8-17/h15,22H,3-14H2,1-2H3,(H,18,21)/t15-/m1/s1. The zero-order valence-electron chi connectivity index (χ0n) is 14.3. The fourth-order valence-electron chi connectivity index (χ4n) is 3.59. The second-order valence-electron chi connectivity index (χ2n) is 7.26. The van der Waals surface area contributed by atoms with Crippen molar-refractivity contribution >= 4 is 5.91 Å². The van der Waals surface area contributed by atoms with Gasteiger partial charge in [-0.1, -0.05) is 12.8 Å². The van der Waals surface area contributed by atoms with Gasteiger partial charge in [-0.3, -0.25) is 9.69 Å². The first-order valence-electron chi connectivity index (χ1n) is 8.90. The monoisotopic (exact) mass is 311 g/mol. The van der Waals surface area contributed by atoms with Crippen LogP contribution in [0.4, 0.5) is 0 Å². The predicted octanol–water partition coefficient (Wildman–Crippen LogP) is 1.21. The van der Waals surface area contributed by atoms with Gasteiger partial charge in [0.2, 0.25) is 5.91 Å². The normalized spacial score (nSPS) is 24.3. The van der Waals surface area contributed by atoms with Gasteiger partial charge < -0.3 is 15.3 Å². The Morgan fingerprint density at radius 3 is 2.50 bits per heavy atom. The summed E-state index contributed by atoms with van der Waals surface area (Å²) in [5.74, 6) is 0.127. The molecule has 5 nitrogen and oxygen atoms in total. The van der Waals surface area contributed by atoms with Gasteiger partial charge in [-0.15, -0.1) is 0 Å². The molecule has 2 rings (SSSR count). The van der Waals surface area contributed by atoms with Crippen molar-refractivity contribution in [1.82, 2.24) is 15.1 Å². The SMILES string of the molecule is C[C@H](CCC(=O)NCCC1(O)CCCC1)N1CCN(C)CC1. The molecular formula is C17H33N3O2. The Labute approximate surface area is 135 Å². The van der Waals surface area contributed by atoms with Gasteiger partial charge >= 0.3 is 0 Å². The summed E-state index contributed by atoms with van der Waals surface area (Å²) in [7, 11) is 2.16. The molecule has 1 amide bonds. The van der Waals surface area contributed by atoms with Crippen LogP contribution in [0.25, 0.3) is 0 Å². The molecule has 1 heterocycles. The first kappa shape index (κ1) is 17.7. The second-order valence-corrected chi connectivity index (χ2v) is 7.26. The van der Waals surface area contributed by atoms with Gasteiger partial charge in [0.05, 0.1) is 5.60 Å². The summed E-state index contributed by atoms with van der Waals surface area (Å²) in [5, 5.41) is 13.2. The van der Waals surface area contributed by atoms with Crippen molar-refractivity contribution in [3.8, 4) is 0 Å². The topological polar surface area (TPSA) is 55.8 Å². The largest absolute Gasteiger partial charge is 0.390 e. The third kappa shape index (κ3) is 5.52. The molecule has 0 aromatic carbocycles. The van der Waals surface area contributed by atoms with E-state index in [1.807, 2.05) is 0 Å². The van der Waals surface area contributed by atoms with Crippen molar-refractivity contribution in [2.75, 3.05) is 39.8 Å². The quantitative estimate of drug-likeness (QED) is 0.742. The summed E-state index contributed by atoms with van der Waals surface area (Å²) >= 11 is 0. The number of rotatable bonds is 7. The summed E-state index contributed by atoms with van der Waals surface area (Å²) in [6.45, 7) is 7.28. The number of piperazine rings is 1. The van der Waals surface area contributed by atoms with E-state index in [-0.39, 0.29) is 5.91 Å². The van der Waals surface area contributed by atoms with Crippen LogP contribution in [-0.2, 0) is 4.79 Å². The van der Waals surface area contributed by atoms with E-state index in [9.17, 15) is 9.90 Å². The molecular weight excluding hydrogens is 278 g/mol. The van der Waals surface area contributed by atoms with Crippen LogP contribution in [-0.4, -0.2) is 72.2 Å². The summed E-state index contributed by atoms with van der Waals surface area (Å²) in [6, 6.07) is 0.471. The van der Waals surface area contributed by atoms with E-state index in [0.717, 1.165) is 58.3 Å². The Kier molecular flexibility index (Phi) is 6.66. The highest BCUT2D eigenvalue weighted by atomic mass is 16.3. The van der Waals surface area contributed by atoms with Gasteiger partial charge in [-0.2, -0.15) is 0 Å². The summed E-state index contributed by atoms with van der Waals surface area (Å²) in [5.41, 5.74) is -0.513. The first-order valence-corrected chi connectivity index (χ1v) is 8.90. The molecule has 1 saturated carbocycles. The molecule has 1 atom stereocenters. The molecule has 22 heavy (non-hydrogen) atoms. The Hall–Kier alpha value is -0.650. The number of hydrogen-bond acceptors (Lipinski definition) is 4. The maximum atomic E-state index is 11.9. The molecule has 0 bridgehead atoms. The van der Waals surface area contributed by atoms with Crippen molar-refractivity contribution in [3.05, 3.63) is 0 Å². The highest BCUT2D eigenvalue weighted by Gasteiger charge is 2.30. The van der Waals surface area contributed by atoms with Gasteiger partial charge in [0.15, 0.2) is 0 Å². The van der Waals surface area contributed by atoms with Gasteiger partial charge in [0.25, 0.3) is 0 Å². The van der Waals surface area contributed by atoms with Crippen molar-refractivity contribution in [3.63, 3.8) is 0 Å². The lowest BCUT2D eigenvalue weighted by Crippen LogP contribution is -2.48. The van der Waals surface area contributed by atoms with Crippen LogP contribution < -0.4 is 5.32 Å². The second kappa shape index (κ2) is 8.27. The summed E-state index contributed by atoms with van der Waals surface area (Å²) in [6.07, 6.45) is 6.23. The van der Waals surface area contributed by atoms with Gasteiger partial charge in [-0.05, 0) is 39.7 Å². The van der Waals surface area contributed by atoms with Crippen LogP contribution in [0.5, 0.6) is 0 Å². The molecule has 0 unspecified atom stereocenters. The van der Waals surface area contributed by atoms with Crippen molar-refractivity contribution in [2.24, 2.45) is 0 Å². The third-order valence-electron chi connectivity index (χ3n) is 5.40. The lowest BCUT2D eigenvalue weighted by molar-refractivity contribution is -0.121. The summed E-state index contributed by atoms with van der Waals surface area (Å²) in [4.78, 5) is 16.8. The molecule has 2 aliphatic rings. The van der Waals surface area contributed by atoms with E-state index in [4.69, 9.17) is 0 Å². The molecule has 128 valence electrons. The Bertz CT molecular complexity index is 348. The number of carbonyl (C=O) groups is 1. The minimum Gasteiger partial charge on any atom is -0.390 e. The van der Waals surface area contributed by atoms with Crippen LogP contribution in [0, 0.1) is 0 Å². The van der Waals surface area contributed by atoms with E-state index in [2.05, 4.69) is 29.1 Å². The minimum atomic E-state index is -0.513. The van der Waals surface area contributed by atoms with E-state index in [1.165, 1.54) is 0 Å². The molecule has 1 aliphatic carbocycles. The maximum absolute atomic E-state index is 11.9.